The first-order valence-corrected chi connectivity index (χ1v) is 10.1. The van der Waals surface area contributed by atoms with Gasteiger partial charge in [-0.2, -0.15) is 0 Å². The van der Waals surface area contributed by atoms with Gasteiger partial charge in [-0.05, 0) is 47.4 Å². The van der Waals surface area contributed by atoms with Crippen LogP contribution >= 0.6 is 0 Å². The molecule has 0 bridgehead atoms. The van der Waals surface area contributed by atoms with Crippen molar-refractivity contribution >= 4 is 0 Å². The lowest BCUT2D eigenvalue weighted by Gasteiger charge is -2.33. The summed E-state index contributed by atoms with van der Waals surface area (Å²) in [7, 11) is 0. The van der Waals surface area contributed by atoms with Gasteiger partial charge in [-0.3, -0.25) is 0 Å². The van der Waals surface area contributed by atoms with Crippen molar-refractivity contribution in [2.45, 2.75) is 17.8 Å². The predicted octanol–water partition coefficient (Wildman–Crippen LogP) is 5.67. The first-order chi connectivity index (χ1) is 14.6. The van der Waals surface area contributed by atoms with Crippen LogP contribution < -0.4 is 0 Å². The van der Waals surface area contributed by atoms with Crippen LogP contribution in [0.15, 0.2) is 97.1 Å². The molecule has 0 fully saturated rings. The highest BCUT2D eigenvalue weighted by Gasteiger charge is 2.49. The molecule has 3 nitrogen and oxygen atoms in total. The first kappa shape index (κ1) is 18.3. The summed E-state index contributed by atoms with van der Waals surface area (Å²) < 4.78 is 0. The number of aromatic hydroxyl groups is 3. The summed E-state index contributed by atoms with van der Waals surface area (Å²) >= 11 is 0. The molecule has 1 atom stereocenters. The summed E-state index contributed by atoms with van der Waals surface area (Å²) in [6.45, 7) is 0. The van der Waals surface area contributed by atoms with Gasteiger partial charge in [0.1, 0.15) is 17.2 Å². The molecule has 1 aliphatic rings. The van der Waals surface area contributed by atoms with Crippen LogP contribution in [0.5, 0.6) is 17.2 Å². The summed E-state index contributed by atoms with van der Waals surface area (Å²) in [5.74, 6) is 0.561. The zero-order valence-corrected chi connectivity index (χ0v) is 16.4. The number of rotatable bonds is 3. The topological polar surface area (TPSA) is 60.7 Å². The van der Waals surface area contributed by atoms with Gasteiger partial charge in [-0.1, -0.05) is 72.8 Å². The van der Waals surface area contributed by atoms with Gasteiger partial charge in [-0.25, -0.2) is 0 Å². The number of phenols is 3. The molecule has 0 saturated carbocycles. The number of benzene rings is 4. The number of hydrogen-bond acceptors (Lipinski definition) is 3. The molecule has 1 aliphatic carbocycles. The van der Waals surface area contributed by atoms with Crippen molar-refractivity contribution in [3.8, 4) is 17.2 Å². The first-order valence-electron chi connectivity index (χ1n) is 10.1. The third-order valence-electron chi connectivity index (χ3n) is 6.31. The zero-order valence-electron chi connectivity index (χ0n) is 16.4. The van der Waals surface area contributed by atoms with Crippen LogP contribution in [0.25, 0.3) is 0 Å². The summed E-state index contributed by atoms with van der Waals surface area (Å²) in [6.07, 6.45) is 0.630. The minimum absolute atomic E-state index is 0.0565. The Morgan fingerprint density at radius 2 is 1.17 bits per heavy atom. The van der Waals surface area contributed by atoms with Crippen molar-refractivity contribution in [3.05, 3.63) is 125 Å². The van der Waals surface area contributed by atoms with Crippen molar-refractivity contribution in [1.82, 2.24) is 0 Å². The van der Waals surface area contributed by atoms with E-state index in [4.69, 9.17) is 0 Å². The molecule has 0 spiro atoms. The standard InChI is InChI=1S/C27H22O3/c28-19-14-15-20-21(18-8-2-1-3-9-18)17-27(24(20)16-19,22-10-4-6-12-25(22)29)23-11-5-7-13-26(23)30/h1-16,21,28-30H,17H2. The molecule has 5 rings (SSSR count). The number of hydrogen-bond donors (Lipinski definition) is 3. The molecule has 0 radical (unpaired) electrons. The second-order valence-corrected chi connectivity index (χ2v) is 7.88. The molecule has 4 aromatic carbocycles. The summed E-state index contributed by atoms with van der Waals surface area (Å²) in [4.78, 5) is 0. The minimum atomic E-state index is -0.800. The molecular formula is C27H22O3. The van der Waals surface area contributed by atoms with Gasteiger partial charge in [0.05, 0.1) is 5.41 Å². The Balaban J connectivity index is 1.87. The number of fused-ring (bicyclic) bond motifs is 1. The van der Waals surface area contributed by atoms with Crippen LogP contribution in [0.4, 0.5) is 0 Å². The van der Waals surface area contributed by atoms with Crippen LogP contribution in [0.1, 0.15) is 40.2 Å². The fraction of sp³-hybridized carbons (Fsp3) is 0.111. The van der Waals surface area contributed by atoms with Gasteiger partial charge in [0.25, 0.3) is 0 Å². The van der Waals surface area contributed by atoms with Gasteiger partial charge >= 0.3 is 0 Å². The molecule has 4 aromatic rings. The lowest BCUT2D eigenvalue weighted by molar-refractivity contribution is 0.429. The molecule has 0 aliphatic heterocycles. The lowest BCUT2D eigenvalue weighted by Crippen LogP contribution is -2.27. The van der Waals surface area contributed by atoms with E-state index in [-0.39, 0.29) is 23.2 Å². The van der Waals surface area contributed by atoms with Crippen molar-refractivity contribution < 1.29 is 15.3 Å². The van der Waals surface area contributed by atoms with Crippen LogP contribution in [-0.2, 0) is 5.41 Å². The minimum Gasteiger partial charge on any atom is -0.508 e. The van der Waals surface area contributed by atoms with E-state index < -0.39 is 5.41 Å². The van der Waals surface area contributed by atoms with Crippen LogP contribution in [0.3, 0.4) is 0 Å². The molecule has 0 aromatic heterocycles. The van der Waals surface area contributed by atoms with E-state index in [9.17, 15) is 15.3 Å². The molecular weight excluding hydrogens is 372 g/mol. The van der Waals surface area contributed by atoms with E-state index in [1.54, 1.807) is 36.4 Å². The van der Waals surface area contributed by atoms with Crippen LogP contribution in [0, 0.1) is 0 Å². The maximum atomic E-state index is 10.9. The van der Waals surface area contributed by atoms with Gasteiger partial charge in [0, 0.05) is 17.0 Å². The zero-order chi connectivity index (χ0) is 20.7. The molecule has 30 heavy (non-hydrogen) atoms. The van der Waals surface area contributed by atoms with E-state index in [2.05, 4.69) is 12.1 Å². The summed E-state index contributed by atoms with van der Waals surface area (Å²) in [6, 6.07) is 30.2. The van der Waals surface area contributed by atoms with Crippen molar-refractivity contribution in [2.75, 3.05) is 0 Å². The third kappa shape index (κ3) is 2.66. The average molecular weight is 394 g/mol. The highest BCUT2D eigenvalue weighted by molar-refractivity contribution is 5.65. The Bertz CT molecular complexity index is 1170. The van der Waals surface area contributed by atoms with E-state index in [1.807, 2.05) is 48.5 Å². The Kier molecular flexibility index (Phi) is 4.25. The lowest BCUT2D eigenvalue weighted by atomic mass is 9.69. The summed E-state index contributed by atoms with van der Waals surface area (Å²) in [5.41, 5.74) is 3.79. The molecule has 0 heterocycles. The monoisotopic (exact) mass is 394 g/mol. The molecule has 3 heteroatoms. The Hall–Kier alpha value is -3.72. The number of para-hydroxylation sites is 2. The number of phenolic OH excluding ortho intramolecular Hbond substituents is 3. The van der Waals surface area contributed by atoms with E-state index >= 15 is 0 Å². The van der Waals surface area contributed by atoms with Gasteiger partial charge < -0.3 is 15.3 Å². The highest BCUT2D eigenvalue weighted by Crippen LogP contribution is 2.59. The largest absolute Gasteiger partial charge is 0.508 e. The summed E-state index contributed by atoms with van der Waals surface area (Å²) in [5, 5.41) is 32.2. The fourth-order valence-corrected chi connectivity index (χ4v) is 5.05. The fourth-order valence-electron chi connectivity index (χ4n) is 5.05. The average Bonchev–Trinajstić information content (AvgIpc) is 3.10. The molecule has 0 saturated heterocycles. The Morgan fingerprint density at radius 1 is 0.600 bits per heavy atom. The van der Waals surface area contributed by atoms with Crippen molar-refractivity contribution in [3.63, 3.8) is 0 Å². The smallest absolute Gasteiger partial charge is 0.120 e. The second kappa shape index (κ2) is 6.96. The Morgan fingerprint density at radius 3 is 1.77 bits per heavy atom. The second-order valence-electron chi connectivity index (χ2n) is 7.88. The van der Waals surface area contributed by atoms with E-state index in [0.717, 1.165) is 27.8 Å². The normalized spacial score (nSPS) is 16.9. The maximum absolute atomic E-state index is 10.9. The molecule has 148 valence electrons. The molecule has 1 unspecified atom stereocenters. The van der Waals surface area contributed by atoms with Crippen molar-refractivity contribution in [1.29, 1.82) is 0 Å². The van der Waals surface area contributed by atoms with E-state index in [1.165, 1.54) is 0 Å². The highest BCUT2D eigenvalue weighted by atomic mass is 16.3. The predicted molar refractivity (Wildman–Crippen MR) is 117 cm³/mol. The van der Waals surface area contributed by atoms with Gasteiger partial charge in [0.2, 0.25) is 0 Å². The maximum Gasteiger partial charge on any atom is 0.120 e. The van der Waals surface area contributed by atoms with Crippen LogP contribution in [-0.4, -0.2) is 15.3 Å². The van der Waals surface area contributed by atoms with Crippen LogP contribution in [0.2, 0.25) is 0 Å². The van der Waals surface area contributed by atoms with Gasteiger partial charge in [0.15, 0.2) is 0 Å². The SMILES string of the molecule is Oc1ccc2c(c1)C(c1ccccc1O)(c1ccccc1O)CC2c1ccccc1. The quantitative estimate of drug-likeness (QED) is 0.419. The molecule has 0 amide bonds. The Labute approximate surface area is 175 Å². The van der Waals surface area contributed by atoms with E-state index in [0.29, 0.717) is 6.42 Å². The third-order valence-corrected chi connectivity index (χ3v) is 6.31. The van der Waals surface area contributed by atoms with Gasteiger partial charge in [-0.15, -0.1) is 0 Å². The van der Waals surface area contributed by atoms with Crippen molar-refractivity contribution in [2.24, 2.45) is 0 Å². The molecule has 3 N–H and O–H groups in total.